The van der Waals surface area contributed by atoms with Crippen molar-refractivity contribution in [3.63, 3.8) is 0 Å². The average molecular weight is 287 g/mol. The molecule has 2 fully saturated rings. The lowest BCUT2D eigenvalue weighted by Gasteiger charge is -2.24. The fraction of sp³-hybridized carbons (Fsp3) is 0.923. The van der Waals surface area contributed by atoms with Gasteiger partial charge in [0, 0.05) is 0 Å². The van der Waals surface area contributed by atoms with Crippen LogP contribution in [0.5, 0.6) is 0 Å². The van der Waals surface area contributed by atoms with Gasteiger partial charge in [-0.15, -0.1) is 0 Å². The Labute approximate surface area is 115 Å². The summed E-state index contributed by atoms with van der Waals surface area (Å²) in [6.07, 6.45) is 9.36. The molecule has 0 spiro atoms. The van der Waals surface area contributed by atoms with Gasteiger partial charge in [-0.2, -0.15) is 0 Å². The molecule has 2 aliphatic rings. The molecule has 0 bridgehead atoms. The van der Waals surface area contributed by atoms with E-state index in [0.29, 0.717) is 12.3 Å². The Bertz CT molecular complexity index is 412. The van der Waals surface area contributed by atoms with Crippen molar-refractivity contribution in [1.82, 2.24) is 5.43 Å². The van der Waals surface area contributed by atoms with Gasteiger partial charge in [0.1, 0.15) is 11.1 Å². The Hall–Kier alpha value is -0.620. The van der Waals surface area contributed by atoms with Gasteiger partial charge >= 0.3 is 0 Å². The highest BCUT2D eigenvalue weighted by atomic mass is 32.2. The molecule has 1 saturated carbocycles. The Balaban J connectivity index is 2.13. The van der Waals surface area contributed by atoms with Crippen LogP contribution in [0.2, 0.25) is 0 Å². The molecule has 1 aliphatic heterocycles. The van der Waals surface area contributed by atoms with Crippen LogP contribution in [0.25, 0.3) is 0 Å². The fourth-order valence-corrected chi connectivity index (χ4v) is 4.94. The van der Waals surface area contributed by atoms with E-state index in [9.17, 15) is 8.42 Å². The van der Waals surface area contributed by atoms with Gasteiger partial charge in [-0.1, -0.05) is 32.1 Å². The maximum Gasteiger partial charge on any atom is 0.160 e. The number of aliphatic imine (C=N–C) groups is 1. The van der Waals surface area contributed by atoms with Gasteiger partial charge < -0.3 is 5.43 Å². The van der Waals surface area contributed by atoms with Crippen LogP contribution < -0.4 is 11.3 Å². The van der Waals surface area contributed by atoms with Crippen molar-refractivity contribution in [1.29, 1.82) is 0 Å². The van der Waals surface area contributed by atoms with Crippen LogP contribution in [0.3, 0.4) is 0 Å². The summed E-state index contributed by atoms with van der Waals surface area (Å²) in [5, 5.41) is -0.505. The van der Waals surface area contributed by atoms with Gasteiger partial charge in [0.2, 0.25) is 0 Å². The summed E-state index contributed by atoms with van der Waals surface area (Å²) in [7, 11) is -3.07. The number of nitrogens with zero attached hydrogens (tertiary/aromatic N) is 1. The van der Waals surface area contributed by atoms with Gasteiger partial charge in [-0.05, 0) is 25.7 Å². The van der Waals surface area contributed by atoms with E-state index in [1.807, 2.05) is 0 Å². The number of amidine groups is 1. The molecular formula is C13H25N3O2S. The van der Waals surface area contributed by atoms with Gasteiger partial charge in [0.25, 0.3) is 0 Å². The topological polar surface area (TPSA) is 84.5 Å². The van der Waals surface area contributed by atoms with E-state index >= 15 is 0 Å². The van der Waals surface area contributed by atoms with Crippen molar-refractivity contribution in [2.75, 3.05) is 5.75 Å². The number of hydrazine groups is 1. The molecule has 0 aromatic heterocycles. The minimum Gasteiger partial charge on any atom is -0.311 e. The van der Waals surface area contributed by atoms with E-state index in [0.717, 1.165) is 25.7 Å². The highest BCUT2D eigenvalue weighted by Crippen LogP contribution is 2.23. The number of hydrogen-bond acceptors (Lipinski definition) is 4. The number of rotatable bonds is 2. The van der Waals surface area contributed by atoms with Crippen LogP contribution in [-0.2, 0) is 9.84 Å². The van der Waals surface area contributed by atoms with E-state index in [1.165, 1.54) is 25.7 Å². The smallest absolute Gasteiger partial charge is 0.160 e. The third-order valence-electron chi connectivity index (χ3n) is 4.18. The van der Waals surface area contributed by atoms with Crippen LogP contribution in [0.15, 0.2) is 4.99 Å². The SMILES string of the molecule is NNC(=NC1CCCCCC1)C1CCCCS1(=O)=O. The van der Waals surface area contributed by atoms with Gasteiger partial charge in [0.05, 0.1) is 11.8 Å². The Morgan fingerprint density at radius 3 is 2.21 bits per heavy atom. The molecule has 1 unspecified atom stereocenters. The summed E-state index contributed by atoms with van der Waals surface area (Å²) in [6, 6.07) is 0.241. The minimum absolute atomic E-state index is 0.241. The van der Waals surface area contributed by atoms with Gasteiger partial charge in [-0.25, -0.2) is 14.3 Å². The van der Waals surface area contributed by atoms with Crippen molar-refractivity contribution < 1.29 is 8.42 Å². The monoisotopic (exact) mass is 287 g/mol. The predicted octanol–water partition coefficient (Wildman–Crippen LogP) is 1.54. The second-order valence-electron chi connectivity index (χ2n) is 5.66. The lowest BCUT2D eigenvalue weighted by Crippen LogP contribution is -2.46. The van der Waals surface area contributed by atoms with Crippen molar-refractivity contribution in [3.8, 4) is 0 Å². The minimum atomic E-state index is -3.07. The zero-order chi connectivity index (χ0) is 13.7. The lowest BCUT2D eigenvalue weighted by atomic mass is 10.1. The van der Waals surface area contributed by atoms with Crippen molar-refractivity contribution >= 4 is 15.7 Å². The maximum absolute atomic E-state index is 12.1. The van der Waals surface area contributed by atoms with Crippen LogP contribution in [0, 0.1) is 0 Å². The van der Waals surface area contributed by atoms with Crippen LogP contribution in [0.1, 0.15) is 57.8 Å². The Morgan fingerprint density at radius 2 is 1.63 bits per heavy atom. The predicted molar refractivity (Wildman–Crippen MR) is 77.7 cm³/mol. The van der Waals surface area contributed by atoms with E-state index in [-0.39, 0.29) is 11.8 Å². The van der Waals surface area contributed by atoms with Gasteiger partial charge in [0.15, 0.2) is 9.84 Å². The molecule has 3 N–H and O–H groups in total. The van der Waals surface area contributed by atoms with Crippen LogP contribution in [-0.4, -0.2) is 31.3 Å². The molecule has 1 saturated heterocycles. The molecule has 19 heavy (non-hydrogen) atoms. The summed E-state index contributed by atoms with van der Waals surface area (Å²) in [5.41, 5.74) is 2.57. The molecule has 110 valence electrons. The first-order chi connectivity index (χ1) is 9.13. The zero-order valence-electron chi connectivity index (χ0n) is 11.5. The molecule has 1 aliphatic carbocycles. The molecule has 5 nitrogen and oxygen atoms in total. The molecule has 1 atom stereocenters. The first-order valence-corrected chi connectivity index (χ1v) is 9.11. The molecule has 0 amide bonds. The third kappa shape index (κ3) is 3.92. The molecule has 0 radical (unpaired) electrons. The molecule has 1 heterocycles. The second-order valence-corrected chi connectivity index (χ2v) is 7.96. The highest BCUT2D eigenvalue weighted by molar-refractivity contribution is 7.92. The first-order valence-electron chi connectivity index (χ1n) is 7.39. The van der Waals surface area contributed by atoms with E-state index in [2.05, 4.69) is 10.4 Å². The average Bonchev–Trinajstić information content (AvgIpc) is 2.64. The third-order valence-corrected chi connectivity index (χ3v) is 6.36. The van der Waals surface area contributed by atoms with E-state index in [4.69, 9.17) is 5.84 Å². The molecule has 0 aromatic rings. The standard InChI is InChI=1S/C13H25N3O2S/c14-16-13(12-9-5-6-10-19(12,17)18)15-11-7-3-1-2-4-8-11/h11-12H,1-10,14H2,(H,15,16). The lowest BCUT2D eigenvalue weighted by molar-refractivity contribution is 0.554. The van der Waals surface area contributed by atoms with Crippen LogP contribution >= 0.6 is 0 Å². The van der Waals surface area contributed by atoms with Crippen molar-refractivity contribution in [2.24, 2.45) is 10.8 Å². The molecule has 6 heteroatoms. The van der Waals surface area contributed by atoms with E-state index in [1.54, 1.807) is 0 Å². The number of hydrogen-bond donors (Lipinski definition) is 2. The largest absolute Gasteiger partial charge is 0.311 e. The molecular weight excluding hydrogens is 262 g/mol. The fourth-order valence-electron chi connectivity index (χ4n) is 3.06. The Kier molecular flexibility index (Phi) is 5.21. The molecule has 0 aromatic carbocycles. The summed E-state index contributed by atoms with van der Waals surface area (Å²) >= 11 is 0. The van der Waals surface area contributed by atoms with E-state index < -0.39 is 15.1 Å². The normalized spacial score (nSPS) is 29.7. The molecule has 2 rings (SSSR count). The van der Waals surface area contributed by atoms with Gasteiger partial charge in [-0.3, -0.25) is 4.99 Å². The summed E-state index contributed by atoms with van der Waals surface area (Å²) in [4.78, 5) is 4.63. The maximum atomic E-state index is 12.1. The quantitative estimate of drug-likeness (QED) is 0.265. The zero-order valence-corrected chi connectivity index (χ0v) is 12.3. The highest BCUT2D eigenvalue weighted by Gasteiger charge is 2.33. The summed E-state index contributed by atoms with van der Waals surface area (Å²) < 4.78 is 24.2. The van der Waals surface area contributed by atoms with Crippen LogP contribution in [0.4, 0.5) is 0 Å². The second kappa shape index (κ2) is 6.70. The summed E-state index contributed by atoms with van der Waals surface area (Å²) in [6.45, 7) is 0. The van der Waals surface area contributed by atoms with Crippen molar-refractivity contribution in [3.05, 3.63) is 0 Å². The Morgan fingerprint density at radius 1 is 1.00 bits per heavy atom. The first kappa shape index (κ1) is 14.8. The number of sulfone groups is 1. The number of nitrogens with two attached hydrogens (primary N) is 1. The summed E-state index contributed by atoms with van der Waals surface area (Å²) in [5.74, 6) is 6.29. The number of nitrogens with one attached hydrogen (secondary N) is 1. The van der Waals surface area contributed by atoms with Crippen molar-refractivity contribution in [2.45, 2.75) is 69.1 Å².